The van der Waals surface area contributed by atoms with Crippen LogP contribution in [0.2, 0.25) is 0 Å². The second-order valence-electron chi connectivity index (χ2n) is 9.71. The van der Waals surface area contributed by atoms with Crippen molar-refractivity contribution in [1.29, 1.82) is 5.26 Å². The Balaban J connectivity index is 1.44. The summed E-state index contributed by atoms with van der Waals surface area (Å²) in [5.74, 6) is -0.513. The van der Waals surface area contributed by atoms with E-state index in [1.54, 1.807) is 6.07 Å². The van der Waals surface area contributed by atoms with Crippen LogP contribution in [0, 0.1) is 23.0 Å². The van der Waals surface area contributed by atoms with Gasteiger partial charge in [-0.15, -0.1) is 11.3 Å². The first-order chi connectivity index (χ1) is 17.0. The zero-order valence-corrected chi connectivity index (χ0v) is 19.2. The molecule has 3 unspecified atom stereocenters. The molecule has 2 aromatic carbocycles. The summed E-state index contributed by atoms with van der Waals surface area (Å²) in [7, 11) is 0. The second kappa shape index (κ2) is 6.43. The van der Waals surface area contributed by atoms with Crippen molar-refractivity contribution in [3.63, 3.8) is 0 Å². The minimum atomic E-state index is -0.625. The van der Waals surface area contributed by atoms with E-state index >= 15 is 8.78 Å². The molecule has 3 fully saturated rings. The summed E-state index contributed by atoms with van der Waals surface area (Å²) >= 11 is 1.19. The fourth-order valence-electron chi connectivity index (χ4n) is 6.74. The van der Waals surface area contributed by atoms with Gasteiger partial charge in [-0.05, 0) is 36.1 Å². The molecule has 0 radical (unpaired) electrons. The third-order valence-electron chi connectivity index (χ3n) is 8.47. The highest BCUT2D eigenvalue weighted by Gasteiger charge is 2.71. The van der Waals surface area contributed by atoms with Gasteiger partial charge in [0, 0.05) is 27.8 Å². The molecule has 2 saturated heterocycles. The molecule has 1 spiro atoms. The third-order valence-corrected chi connectivity index (χ3v) is 9.46. The summed E-state index contributed by atoms with van der Waals surface area (Å²) in [5, 5.41) is 14.6. The third kappa shape index (κ3) is 2.16. The minimum absolute atomic E-state index is 0.0402. The van der Waals surface area contributed by atoms with Crippen molar-refractivity contribution in [3.05, 3.63) is 46.8 Å². The van der Waals surface area contributed by atoms with Gasteiger partial charge in [0.2, 0.25) is 0 Å². The first-order valence-electron chi connectivity index (χ1n) is 11.5. The molecule has 10 heteroatoms. The van der Waals surface area contributed by atoms with Crippen LogP contribution in [0.1, 0.15) is 29.5 Å². The lowest BCUT2D eigenvalue weighted by Gasteiger charge is -2.77. The van der Waals surface area contributed by atoms with Crippen LogP contribution in [0.5, 0.6) is 0 Å². The van der Waals surface area contributed by atoms with Gasteiger partial charge < -0.3 is 20.7 Å². The van der Waals surface area contributed by atoms with Gasteiger partial charge in [-0.1, -0.05) is 0 Å². The highest BCUT2D eigenvalue weighted by atomic mass is 32.1. The van der Waals surface area contributed by atoms with E-state index in [-0.39, 0.29) is 46.0 Å². The summed E-state index contributed by atoms with van der Waals surface area (Å²) in [6.45, 7) is 1.28. The van der Waals surface area contributed by atoms with Crippen molar-refractivity contribution in [2.24, 2.45) is 0 Å². The number of piperidine rings is 1. The van der Waals surface area contributed by atoms with E-state index in [2.05, 4.69) is 26.3 Å². The van der Waals surface area contributed by atoms with Crippen molar-refractivity contribution >= 4 is 43.1 Å². The van der Waals surface area contributed by atoms with Crippen LogP contribution >= 0.6 is 11.3 Å². The predicted octanol–water partition coefficient (Wildman–Crippen LogP) is 3.97. The molecular weight excluding hydrogens is 470 g/mol. The van der Waals surface area contributed by atoms with Gasteiger partial charge >= 0.3 is 0 Å². The Hall–Kier alpha value is -3.39. The second-order valence-corrected chi connectivity index (χ2v) is 10.8. The molecular formula is C25H18F2N6OS. The van der Waals surface area contributed by atoms with Gasteiger partial charge in [0.15, 0.2) is 5.82 Å². The average Bonchev–Trinajstić information content (AvgIpc) is 3.42. The zero-order valence-electron chi connectivity index (χ0n) is 18.4. The molecule has 1 saturated carbocycles. The van der Waals surface area contributed by atoms with E-state index in [9.17, 15) is 5.26 Å². The summed E-state index contributed by atoms with van der Waals surface area (Å²) < 4.78 is 38.3. The van der Waals surface area contributed by atoms with E-state index in [1.165, 1.54) is 23.7 Å². The molecule has 4 aromatic rings. The molecule has 35 heavy (non-hydrogen) atoms. The van der Waals surface area contributed by atoms with E-state index in [4.69, 9.17) is 10.5 Å². The predicted molar refractivity (Wildman–Crippen MR) is 128 cm³/mol. The number of benzene rings is 2. The summed E-state index contributed by atoms with van der Waals surface area (Å²) in [6.07, 6.45) is 3.60. The first-order valence-corrected chi connectivity index (χ1v) is 12.4. The topological polar surface area (TPSA) is 100 Å². The molecule has 174 valence electrons. The van der Waals surface area contributed by atoms with Crippen LogP contribution < -0.4 is 16.0 Å². The van der Waals surface area contributed by atoms with Crippen LogP contribution in [-0.4, -0.2) is 34.1 Å². The van der Waals surface area contributed by atoms with E-state index in [1.807, 2.05) is 0 Å². The lowest BCUT2D eigenvalue weighted by molar-refractivity contribution is -0.0521. The molecule has 8 rings (SSSR count). The van der Waals surface area contributed by atoms with Crippen LogP contribution in [-0.2, 0) is 18.0 Å². The number of nitriles is 1. The van der Waals surface area contributed by atoms with Gasteiger partial charge in [-0.25, -0.2) is 18.7 Å². The van der Waals surface area contributed by atoms with Gasteiger partial charge in [-0.3, -0.25) is 0 Å². The Labute approximate surface area is 202 Å². The number of nitrogens with two attached hydrogens (primary N) is 1. The number of aromatic nitrogens is 2. The number of halogens is 2. The van der Waals surface area contributed by atoms with Crippen molar-refractivity contribution < 1.29 is 13.5 Å². The lowest BCUT2D eigenvalue weighted by Crippen LogP contribution is -2.96. The normalized spacial score (nSPS) is 25.9. The highest BCUT2D eigenvalue weighted by molar-refractivity contribution is 7.23. The number of nitrogens with one attached hydrogen (secondary N) is 1. The van der Waals surface area contributed by atoms with E-state index in [0.29, 0.717) is 33.1 Å². The van der Waals surface area contributed by atoms with E-state index in [0.717, 1.165) is 30.8 Å². The van der Waals surface area contributed by atoms with Gasteiger partial charge in [0.05, 0.1) is 41.8 Å². The number of thiophene rings is 1. The standard InChI is InChI=1S/C25H18F2N6OS/c26-13-1-2-14-17(10(5-28)23(29)35-14)20(13)18-11-7-34-8-12(11)19-22(21(18)27)30-9-31-24(19)33-15-3-4-25(15)16(33)6-32-25/h1-2,9,15-16,32H,3-4,6-8,29H2. The number of fused-ring (bicyclic) bond motifs is 4. The SMILES string of the molecule is N#Cc1c(N)sc2ccc(F)c(-c3c4c(c5c(N6C7CCC78NCC68)ncnc5c3F)COC4)c12. The number of hydrogen-bond donors (Lipinski definition) is 2. The molecule has 5 heterocycles. The van der Waals surface area contributed by atoms with Crippen molar-refractivity contribution in [1.82, 2.24) is 15.3 Å². The van der Waals surface area contributed by atoms with Gasteiger partial charge in [0.1, 0.15) is 34.5 Å². The number of ether oxygens (including phenoxy) is 1. The number of piperazine rings is 1. The average molecular weight is 489 g/mol. The largest absolute Gasteiger partial charge is 0.389 e. The molecule has 2 aromatic heterocycles. The molecule has 0 amide bonds. The zero-order chi connectivity index (χ0) is 23.6. The Morgan fingerprint density at radius 1 is 1.17 bits per heavy atom. The monoisotopic (exact) mass is 488 g/mol. The summed E-state index contributed by atoms with van der Waals surface area (Å²) in [4.78, 5) is 11.2. The smallest absolute Gasteiger partial charge is 0.157 e. The fraction of sp³-hybridized carbons (Fsp3) is 0.320. The Morgan fingerprint density at radius 2 is 2.03 bits per heavy atom. The van der Waals surface area contributed by atoms with Crippen LogP contribution in [0.3, 0.4) is 0 Å². The number of hydrogen-bond acceptors (Lipinski definition) is 8. The van der Waals surface area contributed by atoms with Crippen molar-refractivity contribution in [2.75, 3.05) is 17.2 Å². The fourth-order valence-corrected chi connectivity index (χ4v) is 7.67. The number of rotatable bonds is 2. The van der Waals surface area contributed by atoms with Gasteiger partial charge in [0.25, 0.3) is 0 Å². The summed E-state index contributed by atoms with van der Waals surface area (Å²) in [6, 6.07) is 5.64. The molecule has 4 aliphatic rings. The Kier molecular flexibility index (Phi) is 3.65. The maximum absolute atomic E-state index is 16.4. The lowest BCUT2D eigenvalue weighted by atomic mass is 9.54. The maximum atomic E-state index is 16.4. The quantitative estimate of drug-likeness (QED) is 0.440. The van der Waals surface area contributed by atoms with E-state index < -0.39 is 11.6 Å². The minimum Gasteiger partial charge on any atom is -0.389 e. The van der Waals surface area contributed by atoms with Gasteiger partial charge in [-0.2, -0.15) is 5.26 Å². The van der Waals surface area contributed by atoms with Crippen molar-refractivity contribution in [3.8, 4) is 17.2 Å². The van der Waals surface area contributed by atoms with Crippen LogP contribution in [0.4, 0.5) is 19.6 Å². The molecule has 3 N–H and O–H groups in total. The highest BCUT2D eigenvalue weighted by Crippen LogP contribution is 2.57. The number of anilines is 2. The summed E-state index contributed by atoms with van der Waals surface area (Å²) in [5.41, 5.74) is 8.06. The van der Waals surface area contributed by atoms with Crippen LogP contribution in [0.25, 0.3) is 32.1 Å². The number of nitrogens with zero attached hydrogens (tertiary/aromatic N) is 4. The molecule has 1 aliphatic carbocycles. The molecule has 3 aliphatic heterocycles. The molecule has 3 atom stereocenters. The first kappa shape index (κ1) is 19.9. The maximum Gasteiger partial charge on any atom is 0.157 e. The van der Waals surface area contributed by atoms with Crippen LogP contribution in [0.15, 0.2) is 18.5 Å². The van der Waals surface area contributed by atoms with Crippen molar-refractivity contribution in [2.45, 2.75) is 43.7 Å². The Bertz CT molecular complexity index is 1660. The molecule has 0 bridgehead atoms. The molecule has 7 nitrogen and oxygen atoms in total. The Morgan fingerprint density at radius 3 is 2.74 bits per heavy atom. The number of nitrogen functional groups attached to an aromatic ring is 1.